The molecule has 4 heterocycles. The van der Waals surface area contributed by atoms with Crippen LogP contribution in [0.4, 0.5) is 5.95 Å². The van der Waals surface area contributed by atoms with Crippen molar-refractivity contribution < 1.29 is 15.0 Å². The molecule has 0 amide bonds. The second kappa shape index (κ2) is 9.67. The second-order valence-electron chi connectivity index (χ2n) is 8.87. The highest BCUT2D eigenvalue weighted by atomic mass is 16.3. The maximum Gasteiger partial charge on any atom is 0.290 e. The number of rotatable bonds is 4. The van der Waals surface area contributed by atoms with Gasteiger partial charge < -0.3 is 24.8 Å². The molecule has 0 unspecified atom stereocenters. The summed E-state index contributed by atoms with van der Waals surface area (Å²) in [6.07, 6.45) is 8.15. The molecule has 1 atom stereocenters. The van der Waals surface area contributed by atoms with Crippen molar-refractivity contribution in [1.82, 2.24) is 29.9 Å². The number of imidazole rings is 1. The highest BCUT2D eigenvalue weighted by molar-refractivity contribution is 5.74. The van der Waals surface area contributed by atoms with E-state index in [9.17, 15) is 5.11 Å². The lowest BCUT2D eigenvalue weighted by atomic mass is 10.0. The van der Waals surface area contributed by atoms with E-state index in [-0.39, 0.29) is 12.2 Å². The van der Waals surface area contributed by atoms with Gasteiger partial charge in [0.1, 0.15) is 11.4 Å². The lowest BCUT2D eigenvalue weighted by Crippen LogP contribution is -2.52. The van der Waals surface area contributed by atoms with Crippen molar-refractivity contribution in [3.05, 3.63) is 54.7 Å². The number of pyridine rings is 1. The molecule has 1 aliphatic carbocycles. The summed E-state index contributed by atoms with van der Waals surface area (Å²) >= 11 is 0. The van der Waals surface area contributed by atoms with Crippen molar-refractivity contribution in [1.29, 1.82) is 0 Å². The Morgan fingerprint density at radius 3 is 2.63 bits per heavy atom. The van der Waals surface area contributed by atoms with Crippen molar-refractivity contribution in [3.63, 3.8) is 0 Å². The van der Waals surface area contributed by atoms with Gasteiger partial charge in [0.25, 0.3) is 6.47 Å². The summed E-state index contributed by atoms with van der Waals surface area (Å²) in [5, 5.41) is 29.9. The molecule has 35 heavy (non-hydrogen) atoms. The minimum atomic E-state index is -0.250. The number of phenols is 1. The molecule has 180 valence electrons. The van der Waals surface area contributed by atoms with Gasteiger partial charge in [-0.05, 0) is 55.0 Å². The third kappa shape index (κ3) is 4.78. The lowest BCUT2D eigenvalue weighted by Gasteiger charge is -2.33. The fourth-order valence-electron chi connectivity index (χ4n) is 4.55. The number of phenolic OH excluding ortho intramolecular Hbond substituents is 1. The molecule has 2 fully saturated rings. The minimum absolute atomic E-state index is 0.157. The zero-order valence-corrected chi connectivity index (χ0v) is 19.4. The van der Waals surface area contributed by atoms with E-state index in [2.05, 4.69) is 30.4 Å². The molecule has 0 radical (unpaired) electrons. The van der Waals surface area contributed by atoms with Crippen LogP contribution in [0, 0.1) is 12.8 Å². The van der Waals surface area contributed by atoms with Crippen LogP contribution >= 0.6 is 0 Å². The molecule has 1 saturated heterocycles. The number of hydrogen-bond donors (Lipinski definition) is 3. The summed E-state index contributed by atoms with van der Waals surface area (Å²) in [6.45, 7) is 4.49. The van der Waals surface area contributed by atoms with Gasteiger partial charge in [0.2, 0.25) is 5.95 Å². The molecule has 1 aliphatic heterocycles. The van der Waals surface area contributed by atoms with Crippen molar-refractivity contribution >= 4 is 17.9 Å². The molecule has 4 aromatic rings. The smallest absolute Gasteiger partial charge is 0.290 e. The normalized spacial score (nSPS) is 17.6. The van der Waals surface area contributed by atoms with Gasteiger partial charge in [-0.1, -0.05) is 12.1 Å². The molecule has 3 N–H and O–H groups in total. The topological polar surface area (TPSA) is 129 Å². The van der Waals surface area contributed by atoms with Crippen LogP contribution < -0.4 is 10.2 Å². The fraction of sp³-hybridized carbons (Fsp3) is 0.320. The highest BCUT2D eigenvalue weighted by Crippen LogP contribution is 2.35. The van der Waals surface area contributed by atoms with E-state index < -0.39 is 0 Å². The Hall–Kier alpha value is -4.05. The highest BCUT2D eigenvalue weighted by Gasteiger charge is 2.34. The van der Waals surface area contributed by atoms with Gasteiger partial charge >= 0.3 is 0 Å². The maximum atomic E-state index is 10.7. The van der Waals surface area contributed by atoms with Crippen LogP contribution in [-0.2, 0) is 4.79 Å². The number of piperazine rings is 1. The van der Waals surface area contributed by atoms with Crippen molar-refractivity contribution in [2.45, 2.75) is 25.8 Å². The van der Waals surface area contributed by atoms with Crippen LogP contribution in [0.3, 0.4) is 0 Å². The van der Waals surface area contributed by atoms with E-state index in [4.69, 9.17) is 9.90 Å². The SMILES string of the molecule is Cc1ncn2cc(-c3ccc(-c4cnc(N5CCN[C@@H](C6CC6)C5)nn4)c(O)c3)ccc12.O=CO. The van der Waals surface area contributed by atoms with E-state index in [1.54, 1.807) is 18.6 Å². The van der Waals surface area contributed by atoms with Crippen LogP contribution in [0.25, 0.3) is 27.9 Å². The molecule has 2 aliphatic rings. The van der Waals surface area contributed by atoms with Crippen LogP contribution in [0.1, 0.15) is 18.5 Å². The molecular formula is C25H27N7O3. The second-order valence-corrected chi connectivity index (χ2v) is 8.87. The summed E-state index contributed by atoms with van der Waals surface area (Å²) in [5.41, 5.74) is 5.17. The monoisotopic (exact) mass is 473 g/mol. The van der Waals surface area contributed by atoms with Gasteiger partial charge in [0.05, 0.1) is 23.7 Å². The van der Waals surface area contributed by atoms with Crippen molar-refractivity contribution in [2.24, 2.45) is 5.92 Å². The Balaban J connectivity index is 0.000000806. The third-order valence-electron chi connectivity index (χ3n) is 6.56. The number of aromatic hydroxyl groups is 1. The van der Waals surface area contributed by atoms with E-state index in [1.165, 1.54) is 12.8 Å². The Bertz CT molecular complexity index is 1330. The first-order valence-corrected chi connectivity index (χ1v) is 11.6. The summed E-state index contributed by atoms with van der Waals surface area (Å²) in [5.74, 6) is 1.60. The average molecular weight is 474 g/mol. The van der Waals surface area contributed by atoms with Crippen molar-refractivity contribution in [3.8, 4) is 28.1 Å². The van der Waals surface area contributed by atoms with E-state index in [0.29, 0.717) is 23.2 Å². The van der Waals surface area contributed by atoms with Gasteiger partial charge in [0, 0.05) is 37.4 Å². The maximum absolute atomic E-state index is 10.7. The van der Waals surface area contributed by atoms with E-state index in [0.717, 1.165) is 47.9 Å². The van der Waals surface area contributed by atoms with Crippen LogP contribution in [-0.4, -0.2) is 66.9 Å². The van der Waals surface area contributed by atoms with E-state index >= 15 is 0 Å². The van der Waals surface area contributed by atoms with Gasteiger partial charge in [0.15, 0.2) is 0 Å². The number of carboxylic acid groups (broad SMARTS) is 1. The molecule has 6 rings (SSSR count). The number of carbonyl (C=O) groups is 1. The Morgan fingerprint density at radius 1 is 1.11 bits per heavy atom. The molecule has 1 saturated carbocycles. The van der Waals surface area contributed by atoms with Crippen LogP contribution in [0.5, 0.6) is 5.75 Å². The van der Waals surface area contributed by atoms with Crippen molar-refractivity contribution in [2.75, 3.05) is 24.5 Å². The zero-order valence-electron chi connectivity index (χ0n) is 19.4. The number of benzene rings is 1. The summed E-state index contributed by atoms with van der Waals surface area (Å²) in [4.78, 5) is 19.5. The van der Waals surface area contributed by atoms with Gasteiger partial charge in [-0.3, -0.25) is 4.79 Å². The number of fused-ring (bicyclic) bond motifs is 1. The number of nitrogens with one attached hydrogen (secondary N) is 1. The average Bonchev–Trinajstić information content (AvgIpc) is 3.68. The Kier molecular flexibility index (Phi) is 6.28. The van der Waals surface area contributed by atoms with Gasteiger partial charge in [-0.15, -0.1) is 10.2 Å². The Morgan fingerprint density at radius 2 is 1.91 bits per heavy atom. The van der Waals surface area contributed by atoms with E-state index in [1.807, 2.05) is 41.8 Å². The van der Waals surface area contributed by atoms with Gasteiger partial charge in [-0.2, -0.15) is 0 Å². The largest absolute Gasteiger partial charge is 0.507 e. The molecular weight excluding hydrogens is 446 g/mol. The predicted molar refractivity (Wildman–Crippen MR) is 131 cm³/mol. The molecule has 3 aromatic heterocycles. The first-order chi connectivity index (χ1) is 17.1. The first kappa shape index (κ1) is 22.7. The fourth-order valence-corrected chi connectivity index (χ4v) is 4.55. The lowest BCUT2D eigenvalue weighted by molar-refractivity contribution is -0.122. The first-order valence-electron chi connectivity index (χ1n) is 11.6. The number of nitrogens with zero attached hydrogens (tertiary/aromatic N) is 6. The summed E-state index contributed by atoms with van der Waals surface area (Å²) in [7, 11) is 0. The minimum Gasteiger partial charge on any atom is -0.507 e. The molecule has 10 heteroatoms. The Labute approximate surface area is 202 Å². The number of anilines is 1. The summed E-state index contributed by atoms with van der Waals surface area (Å²) in [6, 6.07) is 10.2. The van der Waals surface area contributed by atoms with Gasteiger partial charge in [-0.25, -0.2) is 9.97 Å². The molecule has 0 spiro atoms. The molecule has 0 bridgehead atoms. The van der Waals surface area contributed by atoms with Crippen LogP contribution in [0.15, 0.2) is 49.1 Å². The quantitative estimate of drug-likeness (QED) is 0.383. The predicted octanol–water partition coefficient (Wildman–Crippen LogP) is 2.76. The summed E-state index contributed by atoms with van der Waals surface area (Å²) < 4.78 is 1.99. The molecule has 1 aromatic carbocycles. The number of aryl methyl sites for hydroxylation is 1. The standard InChI is InChI=1S/C24H25N7O.CH2O2/c1-15-22-7-5-18(12-31(22)14-27-15)17-4-6-19(23(32)10-17)20-11-26-24(29-28-20)30-9-8-25-21(13-30)16-2-3-16;2-1-3/h4-7,10-12,14,16,21,25,32H,2-3,8-9,13H2,1H3;1H,(H,2,3)/t21-;/m1./s1. The zero-order chi connectivity index (χ0) is 24.4. The number of aromatic nitrogens is 5. The number of hydrogen-bond acceptors (Lipinski definition) is 8. The van der Waals surface area contributed by atoms with Crippen LogP contribution in [0.2, 0.25) is 0 Å². The third-order valence-corrected chi connectivity index (χ3v) is 6.56. The molecule has 10 nitrogen and oxygen atoms in total.